The van der Waals surface area contributed by atoms with E-state index in [1.54, 1.807) is 24.3 Å². The molecule has 5 heteroatoms. The fourth-order valence-corrected chi connectivity index (χ4v) is 1.19. The standard InChI is InChI=1S/C10H11N3OS/c11-7-8-1-3-9(4-2-8)13-10(15)12-5-6-14/h1-4,14H,5-6H2,(H2,12,13,15). The van der Waals surface area contributed by atoms with Crippen LogP contribution >= 0.6 is 12.2 Å². The molecule has 0 aliphatic carbocycles. The molecule has 4 nitrogen and oxygen atoms in total. The van der Waals surface area contributed by atoms with Crippen LogP contribution < -0.4 is 10.6 Å². The van der Waals surface area contributed by atoms with Crippen molar-refractivity contribution in [2.24, 2.45) is 0 Å². The number of hydrogen-bond donors (Lipinski definition) is 3. The van der Waals surface area contributed by atoms with Gasteiger partial charge in [0.1, 0.15) is 0 Å². The van der Waals surface area contributed by atoms with Gasteiger partial charge in [0.05, 0.1) is 18.2 Å². The van der Waals surface area contributed by atoms with E-state index in [2.05, 4.69) is 10.6 Å². The monoisotopic (exact) mass is 221 g/mol. The number of nitrogens with zero attached hydrogens (tertiary/aromatic N) is 1. The average Bonchev–Trinajstić information content (AvgIpc) is 2.27. The molecule has 0 atom stereocenters. The number of anilines is 1. The largest absolute Gasteiger partial charge is 0.395 e. The summed E-state index contributed by atoms with van der Waals surface area (Å²) in [4.78, 5) is 0. The maximum atomic E-state index is 8.59. The second-order valence-electron chi connectivity index (χ2n) is 2.79. The lowest BCUT2D eigenvalue weighted by atomic mass is 10.2. The summed E-state index contributed by atoms with van der Waals surface area (Å²) in [6.07, 6.45) is 0. The molecule has 0 aliphatic rings. The van der Waals surface area contributed by atoms with Gasteiger partial charge in [0.2, 0.25) is 0 Å². The highest BCUT2D eigenvalue weighted by Gasteiger charge is 1.96. The molecule has 0 aliphatic heterocycles. The number of nitrogens with one attached hydrogen (secondary N) is 2. The minimum atomic E-state index is 0.0369. The summed E-state index contributed by atoms with van der Waals surface area (Å²) in [6.45, 7) is 0.456. The van der Waals surface area contributed by atoms with Crippen LogP contribution in [0.4, 0.5) is 5.69 Å². The van der Waals surface area contributed by atoms with Gasteiger partial charge in [0, 0.05) is 12.2 Å². The third-order valence-electron chi connectivity index (χ3n) is 1.67. The zero-order valence-corrected chi connectivity index (χ0v) is 8.84. The van der Waals surface area contributed by atoms with Crippen LogP contribution in [-0.2, 0) is 0 Å². The molecule has 1 rings (SSSR count). The van der Waals surface area contributed by atoms with E-state index >= 15 is 0 Å². The van der Waals surface area contributed by atoms with Gasteiger partial charge >= 0.3 is 0 Å². The van der Waals surface area contributed by atoms with Crippen molar-refractivity contribution < 1.29 is 5.11 Å². The predicted molar refractivity (Wildman–Crippen MR) is 62.5 cm³/mol. The fraction of sp³-hybridized carbons (Fsp3) is 0.200. The summed E-state index contributed by atoms with van der Waals surface area (Å²) in [5.74, 6) is 0. The molecule has 0 fully saturated rings. The molecule has 0 spiro atoms. The number of rotatable bonds is 3. The lowest BCUT2D eigenvalue weighted by Crippen LogP contribution is -2.30. The molecule has 0 saturated carbocycles. The Labute approximate surface area is 93.5 Å². The maximum Gasteiger partial charge on any atom is 0.170 e. The third-order valence-corrected chi connectivity index (χ3v) is 1.92. The van der Waals surface area contributed by atoms with Gasteiger partial charge in [-0.15, -0.1) is 0 Å². The van der Waals surface area contributed by atoms with E-state index in [1.165, 1.54) is 0 Å². The van der Waals surface area contributed by atoms with Crippen LogP contribution in [0.3, 0.4) is 0 Å². The van der Waals surface area contributed by atoms with E-state index < -0.39 is 0 Å². The first-order chi connectivity index (χ1) is 7.26. The van der Waals surface area contributed by atoms with Crippen LogP contribution in [0.15, 0.2) is 24.3 Å². The van der Waals surface area contributed by atoms with Crippen LogP contribution in [-0.4, -0.2) is 23.4 Å². The van der Waals surface area contributed by atoms with Gasteiger partial charge in [-0.05, 0) is 36.5 Å². The van der Waals surface area contributed by atoms with E-state index in [0.717, 1.165) is 5.69 Å². The maximum absolute atomic E-state index is 8.59. The van der Waals surface area contributed by atoms with E-state index in [1.807, 2.05) is 6.07 Å². The predicted octanol–water partition coefficient (Wildman–Crippen LogP) is 0.837. The van der Waals surface area contributed by atoms with E-state index in [4.69, 9.17) is 22.6 Å². The van der Waals surface area contributed by atoms with Gasteiger partial charge in [-0.3, -0.25) is 0 Å². The SMILES string of the molecule is N#Cc1ccc(NC(=S)NCCO)cc1. The Bertz CT molecular complexity index is 369. The number of nitriles is 1. The molecule has 15 heavy (non-hydrogen) atoms. The average molecular weight is 221 g/mol. The summed E-state index contributed by atoms with van der Waals surface area (Å²) < 4.78 is 0. The van der Waals surface area contributed by atoms with Gasteiger partial charge in [-0.1, -0.05) is 0 Å². The first kappa shape index (κ1) is 11.4. The molecule has 0 heterocycles. The molecule has 0 amide bonds. The highest BCUT2D eigenvalue weighted by Crippen LogP contribution is 2.08. The molecule has 1 aromatic rings. The minimum Gasteiger partial charge on any atom is -0.395 e. The molecule has 0 saturated heterocycles. The first-order valence-electron chi connectivity index (χ1n) is 4.42. The van der Waals surface area contributed by atoms with Crippen molar-refractivity contribution in [1.82, 2.24) is 5.32 Å². The lowest BCUT2D eigenvalue weighted by molar-refractivity contribution is 0.301. The van der Waals surface area contributed by atoms with Crippen molar-refractivity contribution in [2.45, 2.75) is 0 Å². The van der Waals surface area contributed by atoms with Gasteiger partial charge in [-0.25, -0.2) is 0 Å². The van der Waals surface area contributed by atoms with E-state index in [0.29, 0.717) is 17.2 Å². The fourth-order valence-electron chi connectivity index (χ4n) is 0.973. The van der Waals surface area contributed by atoms with Crippen molar-refractivity contribution in [3.05, 3.63) is 29.8 Å². The van der Waals surface area contributed by atoms with Gasteiger partial charge in [0.15, 0.2) is 5.11 Å². The molecule has 3 N–H and O–H groups in total. The van der Waals surface area contributed by atoms with Crippen molar-refractivity contribution in [2.75, 3.05) is 18.5 Å². The zero-order valence-electron chi connectivity index (χ0n) is 8.03. The molecule has 0 aromatic heterocycles. The van der Waals surface area contributed by atoms with Gasteiger partial charge in [0.25, 0.3) is 0 Å². The normalized spacial score (nSPS) is 9.07. The van der Waals surface area contributed by atoms with Crippen LogP contribution in [0.2, 0.25) is 0 Å². The molecule has 0 bridgehead atoms. The van der Waals surface area contributed by atoms with Crippen molar-refractivity contribution in [3.8, 4) is 6.07 Å². The molecular formula is C10H11N3OS. The van der Waals surface area contributed by atoms with E-state index in [9.17, 15) is 0 Å². The Morgan fingerprint density at radius 3 is 2.60 bits per heavy atom. The summed E-state index contributed by atoms with van der Waals surface area (Å²) in [7, 11) is 0. The highest BCUT2D eigenvalue weighted by molar-refractivity contribution is 7.80. The van der Waals surface area contributed by atoms with Crippen LogP contribution in [0.5, 0.6) is 0 Å². The van der Waals surface area contributed by atoms with Gasteiger partial charge in [-0.2, -0.15) is 5.26 Å². The van der Waals surface area contributed by atoms with Gasteiger partial charge < -0.3 is 15.7 Å². The Balaban J connectivity index is 2.50. The number of hydrogen-bond acceptors (Lipinski definition) is 3. The second kappa shape index (κ2) is 5.96. The summed E-state index contributed by atoms with van der Waals surface area (Å²) in [6, 6.07) is 8.98. The smallest absolute Gasteiger partial charge is 0.170 e. The number of aliphatic hydroxyl groups is 1. The molecule has 1 aromatic carbocycles. The first-order valence-corrected chi connectivity index (χ1v) is 4.83. The van der Waals surface area contributed by atoms with Crippen LogP contribution in [0.1, 0.15) is 5.56 Å². The molecular weight excluding hydrogens is 210 g/mol. The summed E-state index contributed by atoms with van der Waals surface area (Å²) in [5, 5.41) is 23.3. The summed E-state index contributed by atoms with van der Waals surface area (Å²) >= 11 is 4.96. The minimum absolute atomic E-state index is 0.0369. The number of benzene rings is 1. The Hall–Kier alpha value is -1.64. The van der Waals surface area contributed by atoms with Crippen molar-refractivity contribution >= 4 is 23.0 Å². The number of aliphatic hydroxyl groups excluding tert-OH is 1. The Morgan fingerprint density at radius 2 is 2.07 bits per heavy atom. The van der Waals surface area contributed by atoms with Crippen molar-refractivity contribution in [1.29, 1.82) is 5.26 Å². The lowest BCUT2D eigenvalue weighted by Gasteiger charge is -2.08. The number of thiocarbonyl (C=S) groups is 1. The molecule has 78 valence electrons. The van der Waals surface area contributed by atoms with Crippen LogP contribution in [0.25, 0.3) is 0 Å². The zero-order chi connectivity index (χ0) is 11.1. The molecule has 0 unspecified atom stereocenters. The Morgan fingerprint density at radius 1 is 1.40 bits per heavy atom. The second-order valence-corrected chi connectivity index (χ2v) is 3.20. The summed E-state index contributed by atoms with van der Waals surface area (Å²) in [5.41, 5.74) is 1.42. The highest BCUT2D eigenvalue weighted by atomic mass is 32.1. The topological polar surface area (TPSA) is 68.1 Å². The van der Waals surface area contributed by atoms with Crippen LogP contribution in [0, 0.1) is 11.3 Å². The van der Waals surface area contributed by atoms with Crippen molar-refractivity contribution in [3.63, 3.8) is 0 Å². The quantitative estimate of drug-likeness (QED) is 0.660. The third kappa shape index (κ3) is 3.94. The Kier molecular flexibility index (Phi) is 4.54. The molecule has 0 radical (unpaired) electrons. The van der Waals surface area contributed by atoms with E-state index in [-0.39, 0.29) is 6.61 Å².